The van der Waals surface area contributed by atoms with E-state index in [1.807, 2.05) is 30.3 Å². The highest BCUT2D eigenvalue weighted by Gasteiger charge is 2.19. The van der Waals surface area contributed by atoms with Crippen molar-refractivity contribution >= 4 is 23.4 Å². The van der Waals surface area contributed by atoms with E-state index < -0.39 is 0 Å². The van der Waals surface area contributed by atoms with Gasteiger partial charge >= 0.3 is 0 Å². The number of aromatic nitrogens is 3. The number of nitrogens with zero attached hydrogens (tertiary/aromatic N) is 3. The number of carbonyl (C=O) groups is 1. The van der Waals surface area contributed by atoms with Gasteiger partial charge in [-0.15, -0.1) is 10.2 Å². The van der Waals surface area contributed by atoms with Crippen LogP contribution in [0.4, 0.5) is 5.69 Å². The SMILES string of the molecule is COc1ccccc1-c1nnc(SCC(=O)Nc2c(C(C)C)cccc2C(C)C)n1N. The molecule has 1 heterocycles. The van der Waals surface area contributed by atoms with Crippen LogP contribution >= 0.6 is 11.8 Å². The van der Waals surface area contributed by atoms with Crippen molar-refractivity contribution in [3.63, 3.8) is 0 Å². The molecule has 0 atom stereocenters. The third kappa shape index (κ3) is 5.02. The standard InChI is InChI=1S/C23H29N5O2S/c1-14(2)16-10-8-11-17(15(3)4)21(16)25-20(29)13-31-23-27-26-22(28(23)24)18-9-6-7-12-19(18)30-5/h6-12,14-15H,13,24H2,1-5H3,(H,25,29). The second-order valence-corrected chi connectivity index (χ2v) is 8.78. The number of amides is 1. The van der Waals surface area contributed by atoms with E-state index in [-0.39, 0.29) is 11.7 Å². The number of hydrogen-bond acceptors (Lipinski definition) is 6. The van der Waals surface area contributed by atoms with Crippen molar-refractivity contribution in [2.24, 2.45) is 0 Å². The van der Waals surface area contributed by atoms with Crippen LogP contribution in [0.25, 0.3) is 11.4 Å². The van der Waals surface area contributed by atoms with Crippen LogP contribution in [0.5, 0.6) is 5.75 Å². The molecule has 0 fully saturated rings. The van der Waals surface area contributed by atoms with Crippen LogP contribution in [0, 0.1) is 0 Å². The van der Waals surface area contributed by atoms with Crippen LogP contribution in [0.1, 0.15) is 50.7 Å². The largest absolute Gasteiger partial charge is 0.496 e. The average molecular weight is 440 g/mol. The zero-order valence-electron chi connectivity index (χ0n) is 18.5. The van der Waals surface area contributed by atoms with Gasteiger partial charge in [-0.25, -0.2) is 4.68 Å². The number of rotatable bonds is 8. The number of anilines is 1. The first-order valence-electron chi connectivity index (χ1n) is 10.2. The Morgan fingerprint density at radius 3 is 2.32 bits per heavy atom. The maximum absolute atomic E-state index is 12.8. The summed E-state index contributed by atoms with van der Waals surface area (Å²) in [4.78, 5) is 12.8. The normalized spacial score (nSPS) is 11.2. The van der Waals surface area contributed by atoms with Gasteiger partial charge in [0.15, 0.2) is 5.82 Å². The second kappa shape index (κ2) is 9.87. The fourth-order valence-corrected chi connectivity index (χ4v) is 4.05. The Morgan fingerprint density at radius 1 is 1.06 bits per heavy atom. The summed E-state index contributed by atoms with van der Waals surface area (Å²) in [6.07, 6.45) is 0. The highest BCUT2D eigenvalue weighted by atomic mass is 32.2. The zero-order valence-corrected chi connectivity index (χ0v) is 19.4. The minimum atomic E-state index is -0.109. The Bertz CT molecular complexity index is 1040. The number of nitrogens with two attached hydrogens (primary N) is 1. The Morgan fingerprint density at radius 2 is 1.71 bits per heavy atom. The lowest BCUT2D eigenvalue weighted by Gasteiger charge is -2.20. The Balaban J connectivity index is 1.75. The molecule has 0 aliphatic heterocycles. The van der Waals surface area contributed by atoms with E-state index in [1.165, 1.54) is 16.4 Å². The molecule has 3 rings (SSSR count). The molecule has 7 nitrogen and oxygen atoms in total. The third-order valence-electron chi connectivity index (χ3n) is 4.98. The number of nitrogens with one attached hydrogen (secondary N) is 1. The Kier molecular flexibility index (Phi) is 7.22. The zero-order chi connectivity index (χ0) is 22.5. The average Bonchev–Trinajstić information content (AvgIpc) is 3.12. The molecule has 3 N–H and O–H groups in total. The minimum Gasteiger partial charge on any atom is -0.496 e. The molecule has 31 heavy (non-hydrogen) atoms. The molecule has 164 valence electrons. The molecule has 0 spiro atoms. The quantitative estimate of drug-likeness (QED) is 0.392. The van der Waals surface area contributed by atoms with Gasteiger partial charge in [0.1, 0.15) is 5.75 Å². The molecule has 1 amide bonds. The highest BCUT2D eigenvalue weighted by molar-refractivity contribution is 7.99. The van der Waals surface area contributed by atoms with Crippen molar-refractivity contribution in [1.29, 1.82) is 0 Å². The van der Waals surface area contributed by atoms with Crippen molar-refractivity contribution in [1.82, 2.24) is 14.9 Å². The molecule has 2 aromatic carbocycles. The Hall–Kier alpha value is -3.00. The molecule has 3 aromatic rings. The second-order valence-electron chi connectivity index (χ2n) is 7.83. The van der Waals surface area contributed by atoms with E-state index >= 15 is 0 Å². The van der Waals surface area contributed by atoms with E-state index in [0.29, 0.717) is 28.6 Å². The van der Waals surface area contributed by atoms with Crippen LogP contribution in [0.15, 0.2) is 47.6 Å². The van der Waals surface area contributed by atoms with Gasteiger partial charge in [-0.3, -0.25) is 4.79 Å². The van der Waals surface area contributed by atoms with Gasteiger partial charge in [0, 0.05) is 5.69 Å². The van der Waals surface area contributed by atoms with Crippen molar-refractivity contribution < 1.29 is 9.53 Å². The molecule has 0 bridgehead atoms. The molecule has 0 saturated carbocycles. The maximum atomic E-state index is 12.8. The lowest BCUT2D eigenvalue weighted by atomic mass is 9.92. The van der Waals surface area contributed by atoms with Crippen LogP contribution in [0.3, 0.4) is 0 Å². The molecule has 0 aliphatic rings. The lowest BCUT2D eigenvalue weighted by Crippen LogP contribution is -2.19. The number of methoxy groups -OCH3 is 1. The van der Waals surface area contributed by atoms with Crippen LogP contribution < -0.4 is 15.9 Å². The summed E-state index contributed by atoms with van der Waals surface area (Å²) in [5, 5.41) is 11.9. The summed E-state index contributed by atoms with van der Waals surface area (Å²) in [6, 6.07) is 13.6. The molecule has 0 aliphatic carbocycles. The van der Waals surface area contributed by atoms with E-state index in [0.717, 1.165) is 22.4 Å². The van der Waals surface area contributed by atoms with Crippen molar-refractivity contribution in [3.8, 4) is 17.1 Å². The molecular formula is C23H29N5O2S. The smallest absolute Gasteiger partial charge is 0.234 e. The number of hydrogen-bond donors (Lipinski definition) is 2. The van der Waals surface area contributed by atoms with Gasteiger partial charge in [0.25, 0.3) is 0 Å². The number of carbonyl (C=O) groups excluding carboxylic acids is 1. The van der Waals surface area contributed by atoms with Gasteiger partial charge in [-0.1, -0.05) is 69.8 Å². The van der Waals surface area contributed by atoms with Crippen molar-refractivity contribution in [2.45, 2.75) is 44.7 Å². The van der Waals surface area contributed by atoms with Gasteiger partial charge in [0.2, 0.25) is 11.1 Å². The predicted octanol–water partition coefficient (Wildman–Crippen LogP) is 4.65. The van der Waals surface area contributed by atoms with Gasteiger partial charge < -0.3 is 15.9 Å². The summed E-state index contributed by atoms with van der Waals surface area (Å²) in [6.45, 7) is 8.50. The van der Waals surface area contributed by atoms with Crippen molar-refractivity contribution in [3.05, 3.63) is 53.6 Å². The topological polar surface area (TPSA) is 95.1 Å². The van der Waals surface area contributed by atoms with E-state index in [2.05, 4.69) is 55.3 Å². The fraction of sp³-hybridized carbons (Fsp3) is 0.348. The summed E-state index contributed by atoms with van der Waals surface area (Å²) >= 11 is 1.24. The Labute approximate surface area is 187 Å². The first-order chi connectivity index (χ1) is 14.8. The summed E-state index contributed by atoms with van der Waals surface area (Å²) in [5.41, 5.74) is 3.90. The van der Waals surface area contributed by atoms with E-state index in [9.17, 15) is 4.79 Å². The number of ether oxygens (including phenoxy) is 1. The molecule has 0 unspecified atom stereocenters. The molecule has 8 heteroatoms. The molecular weight excluding hydrogens is 410 g/mol. The predicted molar refractivity (Wildman–Crippen MR) is 126 cm³/mol. The van der Waals surface area contributed by atoms with Crippen LogP contribution in [0.2, 0.25) is 0 Å². The first kappa shape index (κ1) is 22.7. The number of thioether (sulfide) groups is 1. The molecule has 1 aromatic heterocycles. The first-order valence-corrected chi connectivity index (χ1v) is 11.2. The van der Waals surface area contributed by atoms with Gasteiger partial charge in [0.05, 0.1) is 18.4 Å². The number of nitrogen functional groups attached to an aromatic ring is 1. The monoisotopic (exact) mass is 439 g/mol. The summed E-state index contributed by atoms with van der Waals surface area (Å²) in [5.74, 6) is 8.01. The number of benzene rings is 2. The van der Waals surface area contributed by atoms with Gasteiger partial charge in [-0.2, -0.15) is 0 Å². The van der Waals surface area contributed by atoms with E-state index in [4.69, 9.17) is 10.6 Å². The summed E-state index contributed by atoms with van der Waals surface area (Å²) < 4.78 is 6.77. The van der Waals surface area contributed by atoms with Crippen LogP contribution in [-0.2, 0) is 4.79 Å². The van der Waals surface area contributed by atoms with Crippen molar-refractivity contribution in [2.75, 3.05) is 24.0 Å². The minimum absolute atomic E-state index is 0.109. The fourth-order valence-electron chi connectivity index (χ4n) is 3.39. The van der Waals surface area contributed by atoms with Gasteiger partial charge in [-0.05, 0) is 35.1 Å². The van der Waals surface area contributed by atoms with Crippen LogP contribution in [-0.4, -0.2) is 33.6 Å². The molecule has 0 saturated heterocycles. The highest BCUT2D eigenvalue weighted by Crippen LogP contribution is 2.33. The third-order valence-corrected chi connectivity index (χ3v) is 5.93. The molecule has 0 radical (unpaired) electrons. The van der Waals surface area contributed by atoms with E-state index in [1.54, 1.807) is 7.11 Å². The number of para-hydroxylation sites is 2. The lowest BCUT2D eigenvalue weighted by molar-refractivity contribution is -0.113. The summed E-state index contributed by atoms with van der Waals surface area (Å²) in [7, 11) is 1.59. The maximum Gasteiger partial charge on any atom is 0.234 e.